The zero-order valence-corrected chi connectivity index (χ0v) is 7.18. The second-order valence-electron chi connectivity index (χ2n) is 3.15. The molecule has 1 aliphatic rings. The van der Waals surface area contributed by atoms with Crippen molar-refractivity contribution in [2.24, 2.45) is 0 Å². The third kappa shape index (κ3) is 2.41. The zero-order valence-electron chi connectivity index (χ0n) is 7.18. The van der Waals surface area contributed by atoms with Crippen molar-refractivity contribution in [3.63, 3.8) is 0 Å². The van der Waals surface area contributed by atoms with E-state index in [9.17, 15) is 9.90 Å². The van der Waals surface area contributed by atoms with Crippen LogP contribution in [0.25, 0.3) is 0 Å². The van der Waals surface area contributed by atoms with E-state index in [1.165, 1.54) is 0 Å². The van der Waals surface area contributed by atoms with Crippen LogP contribution >= 0.6 is 0 Å². The molecular formula is C8H12N2O3. The summed E-state index contributed by atoms with van der Waals surface area (Å²) in [5, 5.41) is 26.3. The van der Waals surface area contributed by atoms with E-state index in [-0.39, 0.29) is 6.42 Å². The Hall–Kier alpha value is -1.12. The van der Waals surface area contributed by atoms with Crippen molar-refractivity contribution in [2.45, 2.75) is 25.0 Å². The molecule has 1 saturated heterocycles. The number of β-amino-alcohol motifs (C(OH)–C–C–N with tert-alkyl or cyclic N) is 1. The van der Waals surface area contributed by atoms with Gasteiger partial charge in [-0.15, -0.1) is 0 Å². The van der Waals surface area contributed by atoms with Gasteiger partial charge < -0.3 is 10.2 Å². The van der Waals surface area contributed by atoms with Crippen LogP contribution in [0.4, 0.5) is 0 Å². The van der Waals surface area contributed by atoms with Gasteiger partial charge in [0.15, 0.2) is 0 Å². The van der Waals surface area contributed by atoms with Gasteiger partial charge in [0.2, 0.25) is 0 Å². The topological polar surface area (TPSA) is 84.6 Å². The van der Waals surface area contributed by atoms with Gasteiger partial charge in [0.1, 0.15) is 6.04 Å². The number of hydrogen-bond donors (Lipinski definition) is 2. The Morgan fingerprint density at radius 2 is 2.38 bits per heavy atom. The van der Waals surface area contributed by atoms with Gasteiger partial charge >= 0.3 is 5.97 Å². The number of likely N-dealkylation sites (tertiary alicyclic amines) is 1. The van der Waals surface area contributed by atoms with Crippen molar-refractivity contribution in [1.82, 2.24) is 4.90 Å². The average molecular weight is 184 g/mol. The van der Waals surface area contributed by atoms with Crippen molar-refractivity contribution in [3.05, 3.63) is 0 Å². The van der Waals surface area contributed by atoms with Crippen molar-refractivity contribution in [1.29, 1.82) is 5.26 Å². The van der Waals surface area contributed by atoms with Gasteiger partial charge in [-0.25, -0.2) is 0 Å². The lowest BCUT2D eigenvalue weighted by Gasteiger charge is -2.18. The minimum absolute atomic E-state index is 0.265. The molecule has 1 rings (SSSR count). The van der Waals surface area contributed by atoms with Crippen molar-refractivity contribution in [3.8, 4) is 6.07 Å². The molecule has 0 bridgehead atoms. The predicted molar refractivity (Wildman–Crippen MR) is 43.9 cm³/mol. The molecule has 0 aromatic carbocycles. The van der Waals surface area contributed by atoms with Crippen LogP contribution in [0.2, 0.25) is 0 Å². The molecule has 0 aromatic rings. The maximum Gasteiger partial charge on any atom is 0.321 e. The Labute approximate surface area is 76.2 Å². The SMILES string of the molecule is N#CCCN1CC(O)CC1C(=O)O. The van der Waals surface area contributed by atoms with Crippen LogP contribution in [0.3, 0.4) is 0 Å². The third-order valence-corrected chi connectivity index (χ3v) is 2.18. The number of aliphatic carboxylic acids is 1. The number of carbonyl (C=O) groups is 1. The van der Waals surface area contributed by atoms with E-state index in [0.717, 1.165) is 0 Å². The minimum atomic E-state index is -0.922. The molecule has 5 nitrogen and oxygen atoms in total. The molecule has 2 unspecified atom stereocenters. The number of rotatable bonds is 3. The standard InChI is InChI=1S/C8H12N2O3/c9-2-1-3-10-5-6(11)4-7(10)8(12)13/h6-7,11H,1,3-5H2,(H,12,13). The lowest BCUT2D eigenvalue weighted by Crippen LogP contribution is -2.36. The van der Waals surface area contributed by atoms with Crippen LogP contribution in [0.5, 0.6) is 0 Å². The summed E-state index contributed by atoms with van der Waals surface area (Å²) in [6.07, 6.45) is -0.00291. The maximum atomic E-state index is 10.7. The van der Waals surface area contributed by atoms with E-state index in [4.69, 9.17) is 10.4 Å². The summed E-state index contributed by atoms with van der Waals surface area (Å²) in [4.78, 5) is 12.3. The molecule has 0 amide bonds. The fourth-order valence-corrected chi connectivity index (χ4v) is 1.58. The monoisotopic (exact) mass is 184 g/mol. The van der Waals surface area contributed by atoms with Crippen LogP contribution in [0.15, 0.2) is 0 Å². The molecule has 2 N–H and O–H groups in total. The summed E-state index contributed by atoms with van der Waals surface area (Å²) in [6, 6.07) is 1.33. The van der Waals surface area contributed by atoms with Crippen LogP contribution in [0.1, 0.15) is 12.8 Å². The van der Waals surface area contributed by atoms with Crippen LogP contribution in [-0.2, 0) is 4.79 Å². The summed E-state index contributed by atoms with van der Waals surface area (Å²) < 4.78 is 0. The van der Waals surface area contributed by atoms with Crippen molar-refractivity contribution < 1.29 is 15.0 Å². The number of nitrogens with zero attached hydrogens (tertiary/aromatic N) is 2. The minimum Gasteiger partial charge on any atom is -0.480 e. The fraction of sp³-hybridized carbons (Fsp3) is 0.750. The molecule has 1 heterocycles. The molecule has 5 heteroatoms. The fourth-order valence-electron chi connectivity index (χ4n) is 1.58. The second-order valence-corrected chi connectivity index (χ2v) is 3.15. The summed E-state index contributed by atoms with van der Waals surface area (Å²) >= 11 is 0. The molecule has 0 spiro atoms. The largest absolute Gasteiger partial charge is 0.480 e. The summed E-state index contributed by atoms with van der Waals surface area (Å²) in [5.41, 5.74) is 0. The number of nitriles is 1. The van der Waals surface area contributed by atoms with Crippen LogP contribution in [-0.4, -0.2) is 46.3 Å². The lowest BCUT2D eigenvalue weighted by atomic mass is 10.2. The van der Waals surface area contributed by atoms with E-state index in [2.05, 4.69) is 0 Å². The molecule has 13 heavy (non-hydrogen) atoms. The summed E-state index contributed by atoms with van der Waals surface area (Å²) in [7, 11) is 0. The molecular weight excluding hydrogens is 172 g/mol. The van der Waals surface area contributed by atoms with Gasteiger partial charge in [0.25, 0.3) is 0 Å². The lowest BCUT2D eigenvalue weighted by molar-refractivity contribution is -0.142. The van der Waals surface area contributed by atoms with Crippen LogP contribution in [0, 0.1) is 11.3 Å². The Balaban J connectivity index is 2.51. The first kappa shape index (κ1) is 9.96. The van der Waals surface area contributed by atoms with Gasteiger partial charge in [-0.3, -0.25) is 9.69 Å². The predicted octanol–water partition coefficient (Wildman–Crippen LogP) is -0.580. The maximum absolute atomic E-state index is 10.7. The van der Waals surface area contributed by atoms with E-state index >= 15 is 0 Å². The van der Waals surface area contributed by atoms with Crippen LogP contribution < -0.4 is 0 Å². The van der Waals surface area contributed by atoms with E-state index in [0.29, 0.717) is 19.5 Å². The molecule has 2 atom stereocenters. The Kier molecular flexibility index (Phi) is 3.23. The molecule has 0 aliphatic carbocycles. The van der Waals surface area contributed by atoms with E-state index in [1.54, 1.807) is 4.90 Å². The van der Waals surface area contributed by atoms with Gasteiger partial charge in [0.05, 0.1) is 12.2 Å². The first-order valence-electron chi connectivity index (χ1n) is 4.17. The molecule has 0 radical (unpaired) electrons. The van der Waals surface area contributed by atoms with Gasteiger partial charge in [-0.1, -0.05) is 0 Å². The highest BCUT2D eigenvalue weighted by Crippen LogP contribution is 2.17. The molecule has 1 aliphatic heterocycles. The molecule has 1 fully saturated rings. The second kappa shape index (κ2) is 4.21. The van der Waals surface area contributed by atoms with E-state index in [1.807, 2.05) is 6.07 Å². The normalized spacial score (nSPS) is 28.6. The zero-order chi connectivity index (χ0) is 9.84. The number of carboxylic acid groups (broad SMARTS) is 1. The Morgan fingerprint density at radius 3 is 2.92 bits per heavy atom. The number of hydrogen-bond acceptors (Lipinski definition) is 4. The highest BCUT2D eigenvalue weighted by atomic mass is 16.4. The van der Waals surface area contributed by atoms with Crippen molar-refractivity contribution >= 4 is 5.97 Å². The Bertz CT molecular complexity index is 236. The summed E-state index contributed by atoms with van der Waals surface area (Å²) in [6.45, 7) is 0.781. The first-order valence-corrected chi connectivity index (χ1v) is 4.17. The highest BCUT2D eigenvalue weighted by molar-refractivity contribution is 5.74. The highest BCUT2D eigenvalue weighted by Gasteiger charge is 2.35. The quantitative estimate of drug-likeness (QED) is 0.613. The molecule has 72 valence electrons. The van der Waals surface area contributed by atoms with Gasteiger partial charge in [0, 0.05) is 25.9 Å². The van der Waals surface area contributed by atoms with Crippen molar-refractivity contribution in [2.75, 3.05) is 13.1 Å². The number of aliphatic hydroxyl groups is 1. The average Bonchev–Trinajstić information content (AvgIpc) is 2.43. The van der Waals surface area contributed by atoms with Gasteiger partial charge in [-0.2, -0.15) is 5.26 Å². The first-order chi connectivity index (χ1) is 6.15. The summed E-state index contributed by atoms with van der Waals surface area (Å²) in [5.74, 6) is -0.922. The smallest absolute Gasteiger partial charge is 0.321 e. The Morgan fingerprint density at radius 1 is 1.69 bits per heavy atom. The third-order valence-electron chi connectivity index (χ3n) is 2.18. The molecule has 0 aromatic heterocycles. The number of aliphatic hydroxyl groups excluding tert-OH is 1. The number of carboxylic acids is 1. The van der Waals surface area contributed by atoms with E-state index < -0.39 is 18.1 Å². The molecule has 0 saturated carbocycles. The van der Waals surface area contributed by atoms with Gasteiger partial charge in [-0.05, 0) is 0 Å².